The molecule has 0 bridgehead atoms. The number of ether oxygens (including phenoxy) is 1. The summed E-state index contributed by atoms with van der Waals surface area (Å²) in [5.41, 5.74) is 1.86. The average molecular weight is 367 g/mol. The average Bonchev–Trinajstić information content (AvgIpc) is 3.09. The lowest BCUT2D eigenvalue weighted by Crippen LogP contribution is -2.23. The van der Waals surface area contributed by atoms with E-state index in [4.69, 9.17) is 4.74 Å². The number of amides is 1. The summed E-state index contributed by atoms with van der Waals surface area (Å²) in [4.78, 5) is 16.9. The number of imidazole rings is 1. The van der Waals surface area contributed by atoms with Crippen LogP contribution in [-0.4, -0.2) is 27.8 Å². The highest BCUT2D eigenvalue weighted by Crippen LogP contribution is 2.26. The monoisotopic (exact) mass is 367 g/mol. The fourth-order valence-electron chi connectivity index (χ4n) is 2.51. The molecule has 0 fully saturated rings. The first-order chi connectivity index (χ1) is 12.7. The second-order valence-corrected chi connectivity index (χ2v) is 7.08. The molecule has 3 aromatic rings. The van der Waals surface area contributed by atoms with E-state index in [1.54, 1.807) is 13.3 Å². The zero-order valence-corrected chi connectivity index (χ0v) is 15.6. The van der Waals surface area contributed by atoms with Gasteiger partial charge in [-0.1, -0.05) is 54.2 Å². The van der Waals surface area contributed by atoms with Gasteiger partial charge in [0.05, 0.1) is 18.0 Å². The fourth-order valence-corrected chi connectivity index (χ4v) is 3.37. The molecule has 0 radical (unpaired) electrons. The molecule has 5 nitrogen and oxygen atoms in total. The second kappa shape index (κ2) is 8.58. The van der Waals surface area contributed by atoms with Gasteiger partial charge in [0.2, 0.25) is 5.91 Å². The van der Waals surface area contributed by atoms with Crippen LogP contribution in [-0.2, 0) is 11.3 Å². The Morgan fingerprint density at radius 2 is 1.92 bits per heavy atom. The van der Waals surface area contributed by atoms with Gasteiger partial charge in [-0.3, -0.25) is 4.79 Å². The van der Waals surface area contributed by atoms with Crippen molar-refractivity contribution in [1.82, 2.24) is 9.55 Å². The van der Waals surface area contributed by atoms with Crippen molar-refractivity contribution in [2.24, 2.45) is 0 Å². The van der Waals surface area contributed by atoms with Crippen molar-refractivity contribution in [1.29, 1.82) is 0 Å². The van der Waals surface area contributed by atoms with E-state index < -0.39 is 0 Å². The van der Waals surface area contributed by atoms with Crippen molar-refractivity contribution in [3.63, 3.8) is 0 Å². The van der Waals surface area contributed by atoms with Crippen LogP contribution in [0.1, 0.15) is 12.5 Å². The van der Waals surface area contributed by atoms with Gasteiger partial charge < -0.3 is 14.6 Å². The van der Waals surface area contributed by atoms with Crippen molar-refractivity contribution in [2.75, 3.05) is 12.4 Å². The molecule has 1 N–H and O–H groups in total. The predicted octanol–water partition coefficient (Wildman–Crippen LogP) is 4.06. The Bertz CT molecular complexity index is 864. The first-order valence-electron chi connectivity index (χ1n) is 8.33. The number of carbonyl (C=O) groups excluding carboxylic acids is 1. The number of hydrogen-bond donors (Lipinski definition) is 1. The number of thioether (sulfide) groups is 1. The molecule has 0 saturated carbocycles. The first kappa shape index (κ1) is 18.1. The largest absolute Gasteiger partial charge is 0.495 e. The van der Waals surface area contributed by atoms with E-state index in [9.17, 15) is 4.79 Å². The summed E-state index contributed by atoms with van der Waals surface area (Å²) in [5, 5.41) is 3.44. The number of carbonyl (C=O) groups is 1. The third-order valence-electron chi connectivity index (χ3n) is 3.89. The molecule has 1 atom stereocenters. The number of aromatic nitrogens is 2. The van der Waals surface area contributed by atoms with Crippen LogP contribution in [0.3, 0.4) is 0 Å². The first-order valence-corrected chi connectivity index (χ1v) is 9.21. The Hall–Kier alpha value is -2.73. The van der Waals surface area contributed by atoms with E-state index in [0.717, 1.165) is 11.7 Å². The van der Waals surface area contributed by atoms with Gasteiger partial charge in [-0.25, -0.2) is 4.98 Å². The molecule has 134 valence electrons. The number of methoxy groups -OCH3 is 1. The number of para-hydroxylation sites is 2. The molecule has 3 rings (SSSR count). The van der Waals surface area contributed by atoms with E-state index >= 15 is 0 Å². The van der Waals surface area contributed by atoms with Crippen molar-refractivity contribution < 1.29 is 9.53 Å². The fraction of sp³-hybridized carbons (Fsp3) is 0.200. The van der Waals surface area contributed by atoms with Gasteiger partial charge in [-0.2, -0.15) is 0 Å². The molecule has 0 aliphatic carbocycles. The van der Waals surface area contributed by atoms with Gasteiger partial charge in [-0.05, 0) is 24.6 Å². The molecular weight excluding hydrogens is 346 g/mol. The van der Waals surface area contributed by atoms with Crippen LogP contribution in [0.4, 0.5) is 5.69 Å². The summed E-state index contributed by atoms with van der Waals surface area (Å²) in [5.74, 6) is 0.553. The molecule has 6 heteroatoms. The van der Waals surface area contributed by atoms with Crippen LogP contribution in [0.15, 0.2) is 72.1 Å². The zero-order chi connectivity index (χ0) is 18.4. The van der Waals surface area contributed by atoms with Gasteiger partial charge >= 0.3 is 0 Å². The predicted molar refractivity (Wildman–Crippen MR) is 105 cm³/mol. The van der Waals surface area contributed by atoms with E-state index in [1.165, 1.54) is 17.3 Å². The molecule has 0 unspecified atom stereocenters. The molecule has 0 spiro atoms. The summed E-state index contributed by atoms with van der Waals surface area (Å²) < 4.78 is 7.33. The lowest BCUT2D eigenvalue weighted by Gasteiger charge is -2.14. The van der Waals surface area contributed by atoms with Gasteiger partial charge in [0.25, 0.3) is 0 Å². The van der Waals surface area contributed by atoms with Crippen molar-refractivity contribution in [3.05, 3.63) is 72.6 Å². The van der Waals surface area contributed by atoms with Gasteiger partial charge in [-0.15, -0.1) is 0 Å². The number of benzene rings is 2. The molecular formula is C20H21N3O2S. The van der Waals surface area contributed by atoms with Gasteiger partial charge in [0, 0.05) is 18.9 Å². The van der Waals surface area contributed by atoms with E-state index in [1.807, 2.05) is 60.2 Å². The van der Waals surface area contributed by atoms with Crippen molar-refractivity contribution in [2.45, 2.75) is 23.9 Å². The maximum atomic E-state index is 12.6. The van der Waals surface area contributed by atoms with Crippen LogP contribution in [0.25, 0.3) is 0 Å². The third-order valence-corrected chi connectivity index (χ3v) is 5.01. The van der Waals surface area contributed by atoms with Crippen molar-refractivity contribution in [3.8, 4) is 5.75 Å². The van der Waals surface area contributed by atoms with Gasteiger partial charge in [0.15, 0.2) is 5.16 Å². The highest BCUT2D eigenvalue weighted by atomic mass is 32.2. The maximum absolute atomic E-state index is 12.6. The second-order valence-electron chi connectivity index (χ2n) is 5.77. The van der Waals surface area contributed by atoms with Crippen molar-refractivity contribution >= 4 is 23.4 Å². The topological polar surface area (TPSA) is 56.1 Å². The smallest absolute Gasteiger partial charge is 0.237 e. The number of nitrogens with zero attached hydrogens (tertiary/aromatic N) is 2. The molecule has 1 heterocycles. The molecule has 26 heavy (non-hydrogen) atoms. The summed E-state index contributed by atoms with van der Waals surface area (Å²) >= 11 is 1.44. The Balaban J connectivity index is 1.65. The normalized spacial score (nSPS) is 11.8. The summed E-state index contributed by atoms with van der Waals surface area (Å²) in [6.07, 6.45) is 3.69. The molecule has 0 saturated heterocycles. The number of hydrogen-bond acceptors (Lipinski definition) is 4. The molecule has 0 aliphatic heterocycles. The minimum absolute atomic E-state index is 0.0891. The lowest BCUT2D eigenvalue weighted by molar-refractivity contribution is -0.115. The highest BCUT2D eigenvalue weighted by molar-refractivity contribution is 8.00. The standard InChI is InChI=1S/C20H21N3O2S/c1-15(19(24)22-17-10-6-7-11-18(17)25-2)26-20-21-12-13-23(20)14-16-8-4-3-5-9-16/h3-13,15H,14H2,1-2H3,(H,22,24)/t15-/m0/s1. The zero-order valence-electron chi connectivity index (χ0n) is 14.8. The third kappa shape index (κ3) is 4.46. The van der Waals surface area contributed by atoms with E-state index in [-0.39, 0.29) is 11.2 Å². The number of nitrogens with one attached hydrogen (secondary N) is 1. The van der Waals surface area contributed by atoms with E-state index in [0.29, 0.717) is 11.4 Å². The van der Waals surface area contributed by atoms with Gasteiger partial charge in [0.1, 0.15) is 5.75 Å². The Morgan fingerprint density at radius 1 is 1.19 bits per heavy atom. The lowest BCUT2D eigenvalue weighted by atomic mass is 10.2. The Kier molecular flexibility index (Phi) is 5.96. The minimum atomic E-state index is -0.295. The van der Waals surface area contributed by atoms with E-state index in [2.05, 4.69) is 22.4 Å². The van der Waals surface area contributed by atoms with Crippen LogP contribution in [0.5, 0.6) is 5.75 Å². The maximum Gasteiger partial charge on any atom is 0.237 e. The highest BCUT2D eigenvalue weighted by Gasteiger charge is 2.18. The molecule has 1 aromatic heterocycles. The van der Waals surface area contributed by atoms with Crippen LogP contribution in [0, 0.1) is 0 Å². The number of rotatable bonds is 7. The van der Waals surface area contributed by atoms with Crippen LogP contribution >= 0.6 is 11.8 Å². The molecule has 2 aromatic carbocycles. The summed E-state index contributed by atoms with van der Waals surface area (Å²) in [7, 11) is 1.59. The minimum Gasteiger partial charge on any atom is -0.495 e. The van der Waals surface area contributed by atoms with Crippen LogP contribution < -0.4 is 10.1 Å². The summed E-state index contributed by atoms with van der Waals surface area (Å²) in [6.45, 7) is 2.60. The Morgan fingerprint density at radius 3 is 2.69 bits per heavy atom. The SMILES string of the molecule is COc1ccccc1NC(=O)[C@H](C)Sc1nccn1Cc1ccccc1. The molecule has 0 aliphatic rings. The van der Waals surface area contributed by atoms with Crippen LogP contribution in [0.2, 0.25) is 0 Å². The molecule has 1 amide bonds. The summed E-state index contributed by atoms with van der Waals surface area (Å²) in [6, 6.07) is 17.6. The Labute approximate surface area is 157 Å². The quantitative estimate of drug-likeness (QED) is 0.640. The number of anilines is 1.